The second-order valence-electron chi connectivity index (χ2n) is 7.63. The van der Waals surface area contributed by atoms with Crippen LogP contribution in [0.4, 0.5) is 5.69 Å². The number of hydrogen-bond acceptors (Lipinski definition) is 6. The number of nitrogens with one attached hydrogen (secondary N) is 1. The first-order valence-corrected chi connectivity index (χ1v) is 9.20. The van der Waals surface area contributed by atoms with Crippen molar-refractivity contribution < 1.29 is 9.63 Å². The monoisotopic (exact) mass is 500 g/mol. The smallest absolute Gasteiger partial charge is 0.232 e. The first-order chi connectivity index (χ1) is 12.9. The zero-order valence-corrected chi connectivity index (χ0v) is 19.2. The van der Waals surface area contributed by atoms with Crippen LogP contribution in [0, 0.1) is 0 Å². The Bertz CT molecular complexity index is 794. The molecule has 0 unspecified atom stereocenters. The summed E-state index contributed by atoms with van der Waals surface area (Å²) in [4.78, 5) is 13.2. The van der Waals surface area contributed by atoms with Crippen molar-refractivity contribution in [1.82, 2.24) is 20.4 Å². The van der Waals surface area contributed by atoms with Gasteiger partial charge < -0.3 is 24.7 Å². The fourth-order valence-corrected chi connectivity index (χ4v) is 3.01. The Morgan fingerprint density at radius 3 is 2.46 bits per heavy atom. The highest BCUT2D eigenvalue weighted by Crippen LogP contribution is 2.27. The molecule has 28 heavy (non-hydrogen) atoms. The molecule has 0 atom stereocenters. The number of aromatic hydroxyl groups is 1. The average Bonchev–Trinajstić information content (AvgIpc) is 3.13. The molecule has 0 radical (unpaired) electrons. The van der Waals surface area contributed by atoms with E-state index in [1.54, 1.807) is 13.1 Å². The number of halogens is 1. The van der Waals surface area contributed by atoms with Crippen molar-refractivity contribution in [3.63, 3.8) is 0 Å². The molecule has 1 aliphatic rings. The van der Waals surface area contributed by atoms with Crippen molar-refractivity contribution in [3.05, 3.63) is 36.0 Å². The Kier molecular flexibility index (Phi) is 7.50. The maximum absolute atomic E-state index is 10.0. The van der Waals surface area contributed by atoms with Crippen molar-refractivity contribution in [2.24, 2.45) is 4.99 Å². The average molecular weight is 500 g/mol. The van der Waals surface area contributed by atoms with Crippen molar-refractivity contribution >= 4 is 35.6 Å². The number of nitrogens with zero attached hydrogens (tertiary/aromatic N) is 5. The number of phenolic OH excluding ortho intramolecular Hbond substituents is 1. The van der Waals surface area contributed by atoms with Gasteiger partial charge in [-0.25, -0.2) is 0 Å². The molecule has 1 aliphatic heterocycles. The third-order valence-electron chi connectivity index (χ3n) is 4.53. The van der Waals surface area contributed by atoms with Crippen LogP contribution in [0.2, 0.25) is 0 Å². The number of rotatable bonds is 3. The molecule has 0 amide bonds. The first kappa shape index (κ1) is 22.3. The van der Waals surface area contributed by atoms with Gasteiger partial charge in [-0.05, 0) is 12.1 Å². The quantitative estimate of drug-likeness (QED) is 0.381. The minimum absolute atomic E-state index is 0. The molecular weight excluding hydrogens is 471 g/mol. The van der Waals surface area contributed by atoms with E-state index in [9.17, 15) is 5.11 Å². The zero-order valence-electron chi connectivity index (χ0n) is 16.8. The summed E-state index contributed by atoms with van der Waals surface area (Å²) in [6.45, 7) is 9.85. The van der Waals surface area contributed by atoms with Crippen molar-refractivity contribution in [1.29, 1.82) is 0 Å². The summed E-state index contributed by atoms with van der Waals surface area (Å²) >= 11 is 0. The van der Waals surface area contributed by atoms with Gasteiger partial charge in [-0.3, -0.25) is 4.99 Å². The predicted molar refractivity (Wildman–Crippen MR) is 121 cm³/mol. The number of phenols is 1. The number of piperazine rings is 1. The van der Waals surface area contributed by atoms with Crippen LogP contribution < -0.4 is 10.2 Å². The van der Waals surface area contributed by atoms with Crippen LogP contribution in [0.1, 0.15) is 32.5 Å². The number of benzene rings is 1. The minimum atomic E-state index is -0.160. The van der Waals surface area contributed by atoms with Gasteiger partial charge in [0.05, 0.1) is 12.2 Å². The maximum Gasteiger partial charge on any atom is 0.232 e. The molecule has 8 nitrogen and oxygen atoms in total. The van der Waals surface area contributed by atoms with Gasteiger partial charge in [0.2, 0.25) is 5.89 Å². The molecule has 9 heteroatoms. The number of aliphatic imine (C=N–C) groups is 1. The molecule has 0 aliphatic carbocycles. The Balaban J connectivity index is 0.00000280. The van der Waals surface area contributed by atoms with Gasteiger partial charge in [-0.2, -0.15) is 4.98 Å². The molecule has 3 rings (SSSR count). The molecule has 2 N–H and O–H groups in total. The van der Waals surface area contributed by atoms with Crippen LogP contribution in [0.15, 0.2) is 33.8 Å². The standard InChI is InChI=1S/C19H28N6O2.HI/c1-19(2,3)17-22-16(23-27-17)13-21-18(20-4)25-11-9-24(10-12-25)14-7-5-6-8-15(14)26;/h5-8,26H,9-13H2,1-4H3,(H,20,21);1H. The van der Waals surface area contributed by atoms with E-state index in [1.807, 2.05) is 39.0 Å². The summed E-state index contributed by atoms with van der Waals surface area (Å²) in [6, 6.07) is 7.45. The van der Waals surface area contributed by atoms with E-state index in [-0.39, 0.29) is 29.4 Å². The van der Waals surface area contributed by atoms with E-state index in [0.717, 1.165) is 37.8 Å². The lowest BCUT2D eigenvalue weighted by molar-refractivity contribution is 0.317. The highest BCUT2D eigenvalue weighted by molar-refractivity contribution is 14.0. The van der Waals surface area contributed by atoms with Gasteiger partial charge >= 0.3 is 0 Å². The lowest BCUT2D eigenvalue weighted by Crippen LogP contribution is -2.52. The lowest BCUT2D eigenvalue weighted by atomic mass is 9.97. The highest BCUT2D eigenvalue weighted by atomic mass is 127. The number of hydrogen-bond donors (Lipinski definition) is 2. The molecule has 154 valence electrons. The molecule has 1 aromatic carbocycles. The Morgan fingerprint density at radius 2 is 1.89 bits per heavy atom. The van der Waals surface area contributed by atoms with E-state index in [2.05, 4.69) is 30.2 Å². The summed E-state index contributed by atoms with van der Waals surface area (Å²) in [5, 5.41) is 17.4. The van der Waals surface area contributed by atoms with E-state index < -0.39 is 0 Å². The van der Waals surface area contributed by atoms with Gasteiger partial charge in [-0.15, -0.1) is 24.0 Å². The summed E-state index contributed by atoms with van der Waals surface area (Å²) in [6.07, 6.45) is 0. The normalized spacial score (nSPS) is 15.4. The molecule has 0 saturated carbocycles. The summed E-state index contributed by atoms with van der Waals surface area (Å²) in [5.74, 6) is 2.38. The number of para-hydroxylation sites is 2. The molecule has 0 bridgehead atoms. The van der Waals surface area contributed by atoms with Crippen LogP contribution in [-0.4, -0.2) is 59.3 Å². The predicted octanol–water partition coefficient (Wildman–Crippen LogP) is 2.59. The molecule has 2 aromatic rings. The van der Waals surface area contributed by atoms with Crippen LogP contribution in [0.3, 0.4) is 0 Å². The molecule has 0 spiro atoms. The fourth-order valence-electron chi connectivity index (χ4n) is 3.01. The van der Waals surface area contributed by atoms with Crippen molar-refractivity contribution in [3.8, 4) is 5.75 Å². The highest BCUT2D eigenvalue weighted by Gasteiger charge is 2.23. The molecular formula is C19H29IN6O2. The minimum Gasteiger partial charge on any atom is -0.506 e. The van der Waals surface area contributed by atoms with Crippen molar-refractivity contribution in [2.45, 2.75) is 32.7 Å². The summed E-state index contributed by atoms with van der Waals surface area (Å²) in [7, 11) is 1.77. The lowest BCUT2D eigenvalue weighted by Gasteiger charge is -2.37. The van der Waals surface area contributed by atoms with Gasteiger partial charge in [0, 0.05) is 38.6 Å². The van der Waals surface area contributed by atoms with Gasteiger partial charge in [0.1, 0.15) is 5.75 Å². The molecule has 1 aromatic heterocycles. The first-order valence-electron chi connectivity index (χ1n) is 9.20. The topological polar surface area (TPSA) is 90.0 Å². The SMILES string of the molecule is CN=C(NCc1noc(C(C)(C)C)n1)N1CCN(c2ccccc2O)CC1.I. The Hall–Kier alpha value is -2.04. The third kappa shape index (κ3) is 5.27. The van der Waals surface area contributed by atoms with Gasteiger partial charge in [0.25, 0.3) is 0 Å². The molecule has 2 heterocycles. The second kappa shape index (κ2) is 9.44. The van der Waals surface area contributed by atoms with E-state index in [4.69, 9.17) is 4.52 Å². The third-order valence-corrected chi connectivity index (χ3v) is 4.53. The maximum atomic E-state index is 10.0. The summed E-state index contributed by atoms with van der Waals surface area (Å²) in [5.41, 5.74) is 0.716. The fraction of sp³-hybridized carbons (Fsp3) is 0.526. The van der Waals surface area contributed by atoms with Crippen LogP contribution in [0.5, 0.6) is 5.75 Å². The van der Waals surface area contributed by atoms with Gasteiger partial charge in [0.15, 0.2) is 11.8 Å². The van der Waals surface area contributed by atoms with E-state index >= 15 is 0 Å². The number of anilines is 1. The number of aromatic nitrogens is 2. The van der Waals surface area contributed by atoms with Crippen LogP contribution in [0.25, 0.3) is 0 Å². The van der Waals surface area contributed by atoms with Crippen LogP contribution >= 0.6 is 24.0 Å². The van der Waals surface area contributed by atoms with Crippen molar-refractivity contribution in [2.75, 3.05) is 38.1 Å². The Morgan fingerprint density at radius 1 is 1.21 bits per heavy atom. The van der Waals surface area contributed by atoms with E-state index in [1.165, 1.54) is 0 Å². The second-order valence-corrected chi connectivity index (χ2v) is 7.63. The Labute approximate surface area is 183 Å². The van der Waals surface area contributed by atoms with E-state index in [0.29, 0.717) is 24.0 Å². The number of guanidine groups is 1. The molecule has 1 fully saturated rings. The zero-order chi connectivity index (χ0) is 19.4. The van der Waals surface area contributed by atoms with Gasteiger partial charge in [-0.1, -0.05) is 38.1 Å². The van der Waals surface area contributed by atoms with Crippen LogP contribution in [-0.2, 0) is 12.0 Å². The summed E-state index contributed by atoms with van der Waals surface area (Å²) < 4.78 is 5.33. The largest absolute Gasteiger partial charge is 0.506 e. The molecule has 1 saturated heterocycles.